The third-order valence-electron chi connectivity index (χ3n) is 3.18. The molecule has 0 aliphatic rings. The van der Waals surface area contributed by atoms with Gasteiger partial charge in [-0.25, -0.2) is 4.79 Å². The van der Waals surface area contributed by atoms with Gasteiger partial charge >= 0.3 is 5.63 Å². The molecule has 0 amide bonds. The van der Waals surface area contributed by atoms with E-state index >= 15 is 0 Å². The summed E-state index contributed by atoms with van der Waals surface area (Å²) in [6.45, 7) is 2.17. The van der Waals surface area contributed by atoms with Crippen LogP contribution < -0.4 is 10.4 Å². The first-order valence-corrected chi connectivity index (χ1v) is 7.33. The second kappa shape index (κ2) is 5.74. The van der Waals surface area contributed by atoms with E-state index in [-0.39, 0.29) is 12.2 Å². The molecule has 1 heterocycles. The predicted octanol–water partition coefficient (Wildman–Crippen LogP) is 4.44. The van der Waals surface area contributed by atoms with E-state index in [0.29, 0.717) is 16.9 Å². The van der Waals surface area contributed by atoms with Crippen LogP contribution in [0.1, 0.15) is 11.1 Å². The van der Waals surface area contributed by atoms with Crippen LogP contribution in [0.25, 0.3) is 11.0 Å². The summed E-state index contributed by atoms with van der Waals surface area (Å²) in [6.07, 6.45) is 0. The molecule has 3 aromatic rings. The summed E-state index contributed by atoms with van der Waals surface area (Å²) in [5, 5.41) is 0.888. The average molecular weight is 345 g/mol. The van der Waals surface area contributed by atoms with Crippen LogP contribution >= 0.6 is 15.9 Å². The summed E-state index contributed by atoms with van der Waals surface area (Å²) in [7, 11) is 0. The number of rotatable bonds is 3. The highest BCUT2D eigenvalue weighted by atomic mass is 79.9. The van der Waals surface area contributed by atoms with Gasteiger partial charge in [0.15, 0.2) is 0 Å². The fourth-order valence-corrected chi connectivity index (χ4v) is 2.44. The van der Waals surface area contributed by atoms with Crippen LogP contribution in [0.15, 0.2) is 62.2 Å². The molecule has 0 spiro atoms. The monoisotopic (exact) mass is 344 g/mol. The van der Waals surface area contributed by atoms with Crippen molar-refractivity contribution in [1.82, 2.24) is 0 Å². The van der Waals surface area contributed by atoms with Crippen LogP contribution in [0.2, 0.25) is 0 Å². The van der Waals surface area contributed by atoms with E-state index < -0.39 is 0 Å². The molecule has 0 saturated carbocycles. The number of halogens is 1. The van der Waals surface area contributed by atoms with E-state index in [4.69, 9.17) is 9.15 Å². The van der Waals surface area contributed by atoms with E-state index in [1.54, 1.807) is 6.07 Å². The van der Waals surface area contributed by atoms with Crippen molar-refractivity contribution < 1.29 is 9.15 Å². The number of fused-ring (bicyclic) bond motifs is 1. The maximum atomic E-state index is 11.9. The Bertz CT molecular complexity index is 852. The lowest BCUT2D eigenvalue weighted by atomic mass is 10.2. The van der Waals surface area contributed by atoms with Gasteiger partial charge in [-0.15, -0.1) is 0 Å². The number of hydrogen-bond donors (Lipinski definition) is 0. The van der Waals surface area contributed by atoms with Crippen LogP contribution in [0.5, 0.6) is 5.75 Å². The SMILES string of the molecule is Cc1ccc(Br)c(OCc2cc3ccccc3oc2=O)c1. The summed E-state index contributed by atoms with van der Waals surface area (Å²) in [5.74, 6) is 0.711. The second-order valence-electron chi connectivity index (χ2n) is 4.82. The summed E-state index contributed by atoms with van der Waals surface area (Å²) in [4.78, 5) is 11.9. The standard InChI is InChI=1S/C17H13BrO3/c1-11-6-7-14(18)16(8-11)20-10-13-9-12-4-2-3-5-15(12)21-17(13)19/h2-9H,10H2,1H3. The van der Waals surface area contributed by atoms with Crippen LogP contribution in [-0.4, -0.2) is 0 Å². The Hall–Kier alpha value is -2.07. The van der Waals surface area contributed by atoms with Crippen LogP contribution in [0, 0.1) is 6.92 Å². The molecule has 4 heteroatoms. The van der Waals surface area contributed by atoms with Crippen molar-refractivity contribution in [2.24, 2.45) is 0 Å². The van der Waals surface area contributed by atoms with Gasteiger partial charge in [-0.05, 0) is 52.7 Å². The average Bonchev–Trinajstić information content (AvgIpc) is 2.48. The van der Waals surface area contributed by atoms with Crippen LogP contribution in [0.3, 0.4) is 0 Å². The maximum absolute atomic E-state index is 11.9. The molecule has 0 atom stereocenters. The molecule has 0 bridgehead atoms. The van der Waals surface area contributed by atoms with E-state index in [1.807, 2.05) is 49.4 Å². The van der Waals surface area contributed by atoms with E-state index in [0.717, 1.165) is 15.4 Å². The largest absolute Gasteiger partial charge is 0.487 e. The summed E-state index contributed by atoms with van der Waals surface area (Å²) >= 11 is 3.44. The fourth-order valence-electron chi connectivity index (χ4n) is 2.08. The Morgan fingerprint density at radius 1 is 1.14 bits per heavy atom. The Labute approximate surface area is 130 Å². The normalized spacial score (nSPS) is 10.8. The first-order valence-electron chi connectivity index (χ1n) is 6.54. The molecule has 1 aromatic heterocycles. The van der Waals surface area contributed by atoms with Crippen molar-refractivity contribution in [3.05, 3.63) is 74.6 Å². The zero-order chi connectivity index (χ0) is 14.8. The molecule has 0 unspecified atom stereocenters. The molecule has 21 heavy (non-hydrogen) atoms. The number of aryl methyl sites for hydroxylation is 1. The zero-order valence-corrected chi connectivity index (χ0v) is 13.0. The Morgan fingerprint density at radius 3 is 2.81 bits per heavy atom. The van der Waals surface area contributed by atoms with Crippen LogP contribution in [-0.2, 0) is 6.61 Å². The third kappa shape index (κ3) is 3.00. The minimum atomic E-state index is -0.363. The molecule has 0 aliphatic heterocycles. The summed E-state index contributed by atoms with van der Waals surface area (Å²) in [5.41, 5.74) is 1.82. The van der Waals surface area contributed by atoms with E-state index in [2.05, 4.69) is 15.9 Å². The highest BCUT2D eigenvalue weighted by molar-refractivity contribution is 9.10. The highest BCUT2D eigenvalue weighted by Crippen LogP contribution is 2.26. The molecule has 0 saturated heterocycles. The first kappa shape index (κ1) is 13.9. The van der Waals surface area contributed by atoms with Crippen LogP contribution in [0.4, 0.5) is 0 Å². The summed E-state index contributed by atoms with van der Waals surface area (Å²) < 4.78 is 11.9. The molecule has 0 radical (unpaired) electrons. The van der Waals surface area contributed by atoms with E-state index in [1.165, 1.54) is 0 Å². The van der Waals surface area contributed by atoms with Gasteiger partial charge in [0.25, 0.3) is 0 Å². The smallest absolute Gasteiger partial charge is 0.342 e. The molecule has 2 aromatic carbocycles. The second-order valence-corrected chi connectivity index (χ2v) is 5.67. The van der Waals surface area contributed by atoms with Gasteiger partial charge in [0, 0.05) is 5.39 Å². The van der Waals surface area contributed by atoms with Crippen molar-refractivity contribution in [2.45, 2.75) is 13.5 Å². The topological polar surface area (TPSA) is 39.4 Å². The Kier molecular flexibility index (Phi) is 3.80. The van der Waals surface area contributed by atoms with Gasteiger partial charge in [0.05, 0.1) is 10.0 Å². The zero-order valence-electron chi connectivity index (χ0n) is 11.4. The van der Waals surface area contributed by atoms with Gasteiger partial charge in [-0.1, -0.05) is 24.3 Å². The maximum Gasteiger partial charge on any atom is 0.342 e. The molecule has 106 valence electrons. The van der Waals surface area contributed by atoms with Gasteiger partial charge in [-0.3, -0.25) is 0 Å². The van der Waals surface area contributed by atoms with Crippen molar-refractivity contribution in [3.8, 4) is 5.75 Å². The summed E-state index contributed by atoms with van der Waals surface area (Å²) in [6, 6.07) is 15.1. The molecule has 0 fully saturated rings. The first-order chi connectivity index (χ1) is 10.1. The van der Waals surface area contributed by atoms with Crippen molar-refractivity contribution in [1.29, 1.82) is 0 Å². The molecule has 3 rings (SSSR count). The number of ether oxygens (including phenoxy) is 1. The lowest BCUT2D eigenvalue weighted by Crippen LogP contribution is -2.10. The van der Waals surface area contributed by atoms with Gasteiger partial charge < -0.3 is 9.15 Å². The van der Waals surface area contributed by atoms with E-state index in [9.17, 15) is 4.79 Å². The highest BCUT2D eigenvalue weighted by Gasteiger charge is 2.07. The lowest BCUT2D eigenvalue weighted by Gasteiger charge is -2.09. The van der Waals surface area contributed by atoms with Crippen molar-refractivity contribution >= 4 is 26.9 Å². The molecule has 0 aliphatic carbocycles. The lowest BCUT2D eigenvalue weighted by molar-refractivity contribution is 0.298. The number of hydrogen-bond acceptors (Lipinski definition) is 3. The fraction of sp³-hybridized carbons (Fsp3) is 0.118. The molecular weight excluding hydrogens is 332 g/mol. The van der Waals surface area contributed by atoms with Gasteiger partial charge in [0.2, 0.25) is 0 Å². The van der Waals surface area contributed by atoms with Crippen molar-refractivity contribution in [3.63, 3.8) is 0 Å². The van der Waals surface area contributed by atoms with Crippen molar-refractivity contribution in [2.75, 3.05) is 0 Å². The minimum Gasteiger partial charge on any atom is -0.487 e. The Morgan fingerprint density at radius 2 is 1.95 bits per heavy atom. The number of benzene rings is 2. The Balaban J connectivity index is 1.90. The molecular formula is C17H13BrO3. The third-order valence-corrected chi connectivity index (χ3v) is 3.84. The quantitative estimate of drug-likeness (QED) is 0.659. The van der Waals surface area contributed by atoms with Gasteiger partial charge in [-0.2, -0.15) is 0 Å². The molecule has 3 nitrogen and oxygen atoms in total. The van der Waals surface area contributed by atoms with Gasteiger partial charge in [0.1, 0.15) is 17.9 Å². The minimum absolute atomic E-state index is 0.176. The molecule has 0 N–H and O–H groups in total. The number of para-hydroxylation sites is 1. The predicted molar refractivity (Wildman–Crippen MR) is 85.7 cm³/mol.